The van der Waals surface area contributed by atoms with Crippen LogP contribution < -0.4 is 0 Å². The van der Waals surface area contributed by atoms with E-state index < -0.39 is 11.7 Å². The molecule has 1 aromatic heterocycles. The molecule has 0 unspecified atom stereocenters. The van der Waals surface area contributed by atoms with E-state index in [4.69, 9.17) is 0 Å². The molecule has 1 saturated heterocycles. The van der Waals surface area contributed by atoms with Gasteiger partial charge in [0.1, 0.15) is 0 Å². The van der Waals surface area contributed by atoms with Crippen LogP contribution in [0.1, 0.15) is 23.1 Å². The van der Waals surface area contributed by atoms with Gasteiger partial charge in [0.2, 0.25) is 11.8 Å². The zero-order valence-electron chi connectivity index (χ0n) is 15.6. The van der Waals surface area contributed by atoms with Gasteiger partial charge in [-0.15, -0.1) is 0 Å². The van der Waals surface area contributed by atoms with E-state index in [1.165, 1.54) is 34.1 Å². The summed E-state index contributed by atoms with van der Waals surface area (Å²) in [6.07, 6.45) is 1.91. The van der Waals surface area contributed by atoms with Gasteiger partial charge in [-0.2, -0.15) is 13.2 Å². The van der Waals surface area contributed by atoms with Crippen molar-refractivity contribution in [2.75, 3.05) is 19.6 Å². The smallest absolute Gasteiger partial charge is 0.337 e. The highest BCUT2D eigenvalue weighted by Crippen LogP contribution is 2.32. The molecule has 0 atom stereocenters. The maximum absolute atomic E-state index is 13.2. The lowest BCUT2D eigenvalue weighted by Gasteiger charge is -2.23. The zero-order chi connectivity index (χ0) is 20.9. The molecule has 5 nitrogen and oxygen atoms in total. The summed E-state index contributed by atoms with van der Waals surface area (Å²) in [5.41, 5.74) is 0.126. The van der Waals surface area contributed by atoms with Crippen LogP contribution in [0, 0.1) is 0 Å². The molecule has 0 N–H and O–H groups in total. The summed E-state index contributed by atoms with van der Waals surface area (Å²) in [5, 5.41) is 0. The molecule has 1 aliphatic heterocycles. The Morgan fingerprint density at radius 2 is 1.79 bits per heavy atom. The molecule has 2 aromatic rings. The highest BCUT2D eigenvalue weighted by Gasteiger charge is 2.34. The van der Waals surface area contributed by atoms with Crippen molar-refractivity contribution in [1.29, 1.82) is 0 Å². The number of rotatable bonds is 4. The number of carbonyl (C=O) groups is 2. The van der Waals surface area contributed by atoms with Gasteiger partial charge in [0.15, 0.2) is 0 Å². The predicted molar refractivity (Wildman–Crippen MR) is 101 cm³/mol. The largest absolute Gasteiger partial charge is 0.416 e. The van der Waals surface area contributed by atoms with Crippen molar-refractivity contribution < 1.29 is 22.8 Å². The Bertz CT molecular complexity index is 898. The lowest BCUT2D eigenvalue weighted by molar-refractivity contribution is -0.139. The van der Waals surface area contributed by atoms with Crippen LogP contribution in [0.25, 0.3) is 6.08 Å². The Kier molecular flexibility index (Phi) is 6.31. The minimum Gasteiger partial charge on any atom is -0.337 e. The first-order chi connectivity index (χ1) is 13.8. The van der Waals surface area contributed by atoms with E-state index in [0.717, 1.165) is 11.6 Å². The number of pyridine rings is 1. The molecule has 0 saturated carbocycles. The fraction of sp³-hybridized carbons (Fsp3) is 0.286. The zero-order valence-corrected chi connectivity index (χ0v) is 15.6. The van der Waals surface area contributed by atoms with Crippen molar-refractivity contribution in [3.05, 3.63) is 71.6 Å². The van der Waals surface area contributed by atoms with Crippen LogP contribution in [0.15, 0.2) is 54.9 Å². The quantitative estimate of drug-likeness (QED) is 0.736. The summed E-state index contributed by atoms with van der Waals surface area (Å²) in [7, 11) is 0. The molecule has 3 rings (SSSR count). The summed E-state index contributed by atoms with van der Waals surface area (Å²) < 4.78 is 39.6. The maximum atomic E-state index is 13.2. The van der Waals surface area contributed by atoms with Gasteiger partial charge in [0.25, 0.3) is 0 Å². The second kappa shape index (κ2) is 8.89. The van der Waals surface area contributed by atoms with Gasteiger partial charge in [-0.05, 0) is 35.4 Å². The molecule has 0 aliphatic carbocycles. The van der Waals surface area contributed by atoms with Crippen molar-refractivity contribution in [2.45, 2.75) is 19.1 Å². The van der Waals surface area contributed by atoms with Gasteiger partial charge in [-0.3, -0.25) is 14.6 Å². The lowest BCUT2D eigenvalue weighted by Crippen LogP contribution is -2.35. The number of benzene rings is 1. The Balaban J connectivity index is 1.66. The number of amides is 2. The van der Waals surface area contributed by atoms with Gasteiger partial charge in [-0.25, -0.2) is 0 Å². The fourth-order valence-corrected chi connectivity index (χ4v) is 3.14. The van der Waals surface area contributed by atoms with Crippen molar-refractivity contribution in [3.63, 3.8) is 0 Å². The Hall–Kier alpha value is -3.16. The van der Waals surface area contributed by atoms with Gasteiger partial charge >= 0.3 is 6.18 Å². The van der Waals surface area contributed by atoms with Crippen LogP contribution in [-0.2, 0) is 22.3 Å². The van der Waals surface area contributed by atoms with Gasteiger partial charge < -0.3 is 9.80 Å². The SMILES string of the molecule is O=C(C=Cc1ccncc1)N1CCC(=O)N(Cc2ccccc2C(F)(F)F)CC1. The minimum absolute atomic E-state index is 0.0470. The van der Waals surface area contributed by atoms with Crippen LogP contribution in [0.3, 0.4) is 0 Å². The van der Waals surface area contributed by atoms with E-state index in [0.29, 0.717) is 0 Å². The third kappa shape index (κ3) is 5.43. The standard InChI is InChI=1S/C21H20F3N3O2/c22-21(23,24)18-4-2-1-3-17(18)15-27-14-13-26(12-9-20(27)29)19(28)6-5-16-7-10-25-11-8-16/h1-8,10-11H,9,12-15H2. The number of hydrogen-bond acceptors (Lipinski definition) is 3. The Morgan fingerprint density at radius 1 is 1.07 bits per heavy atom. The van der Waals surface area contributed by atoms with Crippen LogP contribution in [0.4, 0.5) is 13.2 Å². The molecule has 2 amide bonds. The fourth-order valence-electron chi connectivity index (χ4n) is 3.14. The van der Waals surface area contributed by atoms with Crippen molar-refractivity contribution >= 4 is 17.9 Å². The molecular formula is C21H20F3N3O2. The molecular weight excluding hydrogens is 383 g/mol. The third-order valence-corrected chi connectivity index (χ3v) is 4.71. The molecule has 1 aromatic carbocycles. The minimum atomic E-state index is -4.48. The van der Waals surface area contributed by atoms with Gasteiger partial charge in [0.05, 0.1) is 5.56 Å². The Morgan fingerprint density at radius 3 is 2.52 bits per heavy atom. The molecule has 0 bridgehead atoms. The average Bonchev–Trinajstić information content (AvgIpc) is 2.88. The first-order valence-electron chi connectivity index (χ1n) is 9.14. The van der Waals surface area contributed by atoms with E-state index >= 15 is 0 Å². The van der Waals surface area contributed by atoms with Crippen molar-refractivity contribution in [2.24, 2.45) is 0 Å². The summed E-state index contributed by atoms with van der Waals surface area (Å²) >= 11 is 0. The number of alkyl halides is 3. The second-order valence-corrected chi connectivity index (χ2v) is 6.66. The number of carbonyl (C=O) groups excluding carboxylic acids is 2. The van der Waals surface area contributed by atoms with Gasteiger partial charge in [0, 0.05) is 51.1 Å². The van der Waals surface area contributed by atoms with Crippen molar-refractivity contribution in [1.82, 2.24) is 14.8 Å². The second-order valence-electron chi connectivity index (χ2n) is 6.66. The Labute approximate surface area is 166 Å². The number of nitrogens with zero attached hydrogens (tertiary/aromatic N) is 3. The van der Waals surface area contributed by atoms with E-state index in [2.05, 4.69) is 4.98 Å². The summed E-state index contributed by atoms with van der Waals surface area (Å²) in [5.74, 6) is -0.512. The highest BCUT2D eigenvalue weighted by atomic mass is 19.4. The average molecular weight is 403 g/mol. The van der Waals surface area contributed by atoms with Crippen molar-refractivity contribution in [3.8, 4) is 0 Å². The highest BCUT2D eigenvalue weighted by molar-refractivity contribution is 5.92. The third-order valence-electron chi connectivity index (χ3n) is 4.71. The normalized spacial score (nSPS) is 15.6. The lowest BCUT2D eigenvalue weighted by atomic mass is 10.1. The molecule has 0 spiro atoms. The molecule has 1 aliphatic rings. The van der Waals surface area contributed by atoms with E-state index in [-0.39, 0.29) is 50.0 Å². The van der Waals surface area contributed by atoms with Gasteiger partial charge in [-0.1, -0.05) is 18.2 Å². The molecule has 1 fully saturated rings. The van der Waals surface area contributed by atoms with Crippen LogP contribution >= 0.6 is 0 Å². The number of halogens is 3. The van der Waals surface area contributed by atoms with E-state index in [1.807, 2.05) is 0 Å². The summed E-state index contributed by atoms with van der Waals surface area (Å²) in [6, 6.07) is 8.75. The van der Waals surface area contributed by atoms with E-state index in [9.17, 15) is 22.8 Å². The first-order valence-corrected chi connectivity index (χ1v) is 9.14. The molecule has 29 heavy (non-hydrogen) atoms. The van der Waals surface area contributed by atoms with Crippen LogP contribution in [-0.4, -0.2) is 46.2 Å². The molecule has 152 valence electrons. The van der Waals surface area contributed by atoms with Crippen LogP contribution in [0.2, 0.25) is 0 Å². The maximum Gasteiger partial charge on any atom is 0.416 e. The van der Waals surface area contributed by atoms with Crippen LogP contribution in [0.5, 0.6) is 0 Å². The monoisotopic (exact) mass is 403 g/mol. The number of hydrogen-bond donors (Lipinski definition) is 0. The summed E-state index contributed by atoms with van der Waals surface area (Å²) in [6.45, 7) is 0.540. The summed E-state index contributed by atoms with van der Waals surface area (Å²) in [4.78, 5) is 31.7. The predicted octanol–water partition coefficient (Wildman–Crippen LogP) is 3.37. The topological polar surface area (TPSA) is 53.5 Å². The van der Waals surface area contributed by atoms with E-state index in [1.54, 1.807) is 30.6 Å². The molecule has 2 heterocycles. The molecule has 0 radical (unpaired) electrons. The molecule has 8 heteroatoms. The number of aromatic nitrogens is 1. The first kappa shape index (κ1) is 20.6.